The Labute approximate surface area is 191 Å². The second-order valence-electron chi connectivity index (χ2n) is 7.83. The lowest BCUT2D eigenvalue weighted by atomic mass is 10.0. The van der Waals surface area contributed by atoms with Crippen molar-refractivity contribution in [2.75, 3.05) is 0 Å². The van der Waals surface area contributed by atoms with Gasteiger partial charge in [0.05, 0.1) is 5.39 Å². The zero-order chi connectivity index (χ0) is 22.6. The molecule has 0 fully saturated rings. The highest BCUT2D eigenvalue weighted by Crippen LogP contribution is 2.36. The van der Waals surface area contributed by atoms with Gasteiger partial charge in [0.25, 0.3) is 0 Å². The lowest BCUT2D eigenvalue weighted by Crippen LogP contribution is -2.02. The van der Waals surface area contributed by atoms with Crippen LogP contribution in [0.3, 0.4) is 0 Å². The zero-order valence-corrected chi connectivity index (χ0v) is 18.2. The molecule has 0 radical (unpaired) electrons. The van der Waals surface area contributed by atoms with Crippen molar-refractivity contribution >= 4 is 11.0 Å². The Morgan fingerprint density at radius 1 is 0.758 bits per heavy atom. The van der Waals surface area contributed by atoms with Gasteiger partial charge in [-0.15, -0.1) is 0 Å². The van der Waals surface area contributed by atoms with Crippen molar-refractivity contribution < 1.29 is 13.9 Å². The summed E-state index contributed by atoms with van der Waals surface area (Å²) in [6, 6.07) is 32.6. The third-order valence-corrected chi connectivity index (χ3v) is 5.31. The van der Waals surface area contributed by atoms with E-state index in [1.807, 2.05) is 104 Å². The molecule has 0 saturated heterocycles. The third-order valence-electron chi connectivity index (χ3n) is 5.31. The van der Waals surface area contributed by atoms with Crippen LogP contribution in [-0.2, 0) is 6.61 Å². The van der Waals surface area contributed by atoms with Gasteiger partial charge in [0.2, 0.25) is 0 Å². The van der Waals surface area contributed by atoms with Crippen LogP contribution in [0.2, 0.25) is 0 Å². The summed E-state index contributed by atoms with van der Waals surface area (Å²) in [6.45, 7) is 2.30. The van der Waals surface area contributed by atoms with Crippen LogP contribution in [0, 0.1) is 6.92 Å². The number of benzene rings is 4. The maximum atomic E-state index is 12.2. The molecule has 4 heteroatoms. The minimum absolute atomic E-state index is 0.345. The molecule has 1 heterocycles. The van der Waals surface area contributed by atoms with Crippen molar-refractivity contribution in [1.29, 1.82) is 0 Å². The van der Waals surface area contributed by atoms with Crippen LogP contribution >= 0.6 is 0 Å². The molecule has 33 heavy (non-hydrogen) atoms. The summed E-state index contributed by atoms with van der Waals surface area (Å²) in [4.78, 5) is 12.2. The summed E-state index contributed by atoms with van der Waals surface area (Å²) in [5.74, 6) is 2.19. The van der Waals surface area contributed by atoms with Gasteiger partial charge in [0.1, 0.15) is 29.4 Å². The third kappa shape index (κ3) is 4.65. The van der Waals surface area contributed by atoms with Gasteiger partial charge in [-0.05, 0) is 60.0 Å². The highest BCUT2D eigenvalue weighted by Gasteiger charge is 2.14. The average Bonchev–Trinajstić information content (AvgIpc) is 2.83. The van der Waals surface area contributed by atoms with E-state index in [2.05, 4.69) is 0 Å². The SMILES string of the molecule is Cc1cc(OCc2cccc(Oc3ccccc3)c2)c2c(-c3ccccc3)cc(=O)oc2c1. The van der Waals surface area contributed by atoms with Crippen LogP contribution in [0.25, 0.3) is 22.1 Å². The molecular formula is C29H22O4. The summed E-state index contributed by atoms with van der Waals surface area (Å²) in [5, 5.41) is 0.781. The van der Waals surface area contributed by atoms with E-state index in [-0.39, 0.29) is 5.63 Å². The summed E-state index contributed by atoms with van der Waals surface area (Å²) in [6.07, 6.45) is 0. The molecule has 162 valence electrons. The fourth-order valence-corrected chi connectivity index (χ4v) is 3.84. The number of rotatable bonds is 6. The molecule has 0 amide bonds. The quantitative estimate of drug-likeness (QED) is 0.267. The Balaban J connectivity index is 1.48. The van der Waals surface area contributed by atoms with E-state index in [1.165, 1.54) is 6.07 Å². The van der Waals surface area contributed by atoms with Crippen LogP contribution < -0.4 is 15.1 Å². The Bertz CT molecular complexity index is 1450. The van der Waals surface area contributed by atoms with E-state index >= 15 is 0 Å². The maximum Gasteiger partial charge on any atom is 0.336 e. The van der Waals surface area contributed by atoms with Gasteiger partial charge in [-0.3, -0.25) is 0 Å². The Hall–Kier alpha value is -4.31. The van der Waals surface area contributed by atoms with Gasteiger partial charge in [-0.1, -0.05) is 60.7 Å². The van der Waals surface area contributed by atoms with Crippen molar-refractivity contribution in [3.63, 3.8) is 0 Å². The molecule has 0 aliphatic carbocycles. The Kier molecular flexibility index (Phi) is 5.64. The first-order valence-electron chi connectivity index (χ1n) is 10.7. The van der Waals surface area contributed by atoms with Crippen molar-refractivity contribution in [2.24, 2.45) is 0 Å². The second-order valence-corrected chi connectivity index (χ2v) is 7.83. The molecule has 0 atom stereocenters. The Morgan fingerprint density at radius 3 is 2.27 bits per heavy atom. The van der Waals surface area contributed by atoms with Crippen molar-refractivity contribution in [3.05, 3.63) is 125 Å². The minimum Gasteiger partial charge on any atom is -0.488 e. The summed E-state index contributed by atoms with van der Waals surface area (Å²) < 4.78 is 17.7. The zero-order valence-electron chi connectivity index (χ0n) is 18.2. The number of hydrogen-bond donors (Lipinski definition) is 0. The molecule has 0 unspecified atom stereocenters. The number of hydrogen-bond acceptors (Lipinski definition) is 4. The molecule has 0 spiro atoms. The lowest BCUT2D eigenvalue weighted by molar-refractivity contribution is 0.309. The molecule has 0 saturated carbocycles. The molecule has 0 bridgehead atoms. The van der Waals surface area contributed by atoms with Gasteiger partial charge < -0.3 is 13.9 Å². The standard InChI is InChI=1S/C29H22O4/c1-20-15-26(29-25(22-10-4-2-5-11-22)18-28(30)33-27(29)16-20)31-19-21-9-8-14-24(17-21)32-23-12-6-3-7-13-23/h2-18H,19H2,1H3. The summed E-state index contributed by atoms with van der Waals surface area (Å²) in [5.41, 5.74) is 3.77. The largest absolute Gasteiger partial charge is 0.488 e. The van der Waals surface area contributed by atoms with Gasteiger partial charge in [0, 0.05) is 11.6 Å². The maximum absolute atomic E-state index is 12.2. The van der Waals surface area contributed by atoms with Crippen molar-refractivity contribution in [1.82, 2.24) is 0 Å². The molecule has 5 aromatic rings. The second kappa shape index (κ2) is 9.05. The first kappa shape index (κ1) is 20.6. The van der Waals surface area contributed by atoms with E-state index in [0.717, 1.165) is 39.1 Å². The van der Waals surface area contributed by atoms with Gasteiger partial charge in [-0.25, -0.2) is 4.79 Å². The molecule has 0 aliphatic heterocycles. The topological polar surface area (TPSA) is 48.7 Å². The van der Waals surface area contributed by atoms with Crippen LogP contribution in [0.15, 0.2) is 112 Å². The highest BCUT2D eigenvalue weighted by atomic mass is 16.5. The van der Waals surface area contributed by atoms with Crippen LogP contribution in [0.5, 0.6) is 17.2 Å². The van der Waals surface area contributed by atoms with Crippen molar-refractivity contribution in [3.8, 4) is 28.4 Å². The van der Waals surface area contributed by atoms with Gasteiger partial charge in [-0.2, -0.15) is 0 Å². The molecule has 1 aromatic heterocycles. The monoisotopic (exact) mass is 434 g/mol. The predicted octanol–water partition coefficient (Wildman–Crippen LogP) is 7.14. The molecule has 4 aromatic carbocycles. The predicted molar refractivity (Wildman–Crippen MR) is 130 cm³/mol. The van der Waals surface area contributed by atoms with E-state index in [9.17, 15) is 4.79 Å². The van der Waals surface area contributed by atoms with E-state index in [1.54, 1.807) is 0 Å². The number of fused-ring (bicyclic) bond motifs is 1. The first-order valence-corrected chi connectivity index (χ1v) is 10.7. The smallest absolute Gasteiger partial charge is 0.336 e. The van der Waals surface area contributed by atoms with Crippen LogP contribution in [0.1, 0.15) is 11.1 Å². The van der Waals surface area contributed by atoms with Gasteiger partial charge in [0.15, 0.2) is 0 Å². The fourth-order valence-electron chi connectivity index (χ4n) is 3.84. The lowest BCUT2D eigenvalue weighted by Gasteiger charge is -2.14. The van der Waals surface area contributed by atoms with E-state index in [4.69, 9.17) is 13.9 Å². The number of aryl methyl sites for hydroxylation is 1. The summed E-state index contributed by atoms with van der Waals surface area (Å²) >= 11 is 0. The number of ether oxygens (including phenoxy) is 2. The number of para-hydroxylation sites is 1. The van der Waals surface area contributed by atoms with Crippen LogP contribution in [0.4, 0.5) is 0 Å². The first-order chi connectivity index (χ1) is 16.2. The normalized spacial score (nSPS) is 10.8. The van der Waals surface area contributed by atoms with Crippen molar-refractivity contribution in [2.45, 2.75) is 13.5 Å². The molecule has 4 nitrogen and oxygen atoms in total. The molecule has 5 rings (SSSR count). The van der Waals surface area contributed by atoms with E-state index in [0.29, 0.717) is 17.9 Å². The molecule has 0 aliphatic rings. The van der Waals surface area contributed by atoms with Gasteiger partial charge >= 0.3 is 5.63 Å². The Morgan fingerprint density at radius 2 is 1.48 bits per heavy atom. The van der Waals surface area contributed by atoms with Crippen LogP contribution in [-0.4, -0.2) is 0 Å². The average molecular weight is 434 g/mol. The highest BCUT2D eigenvalue weighted by molar-refractivity contribution is 5.98. The molecular weight excluding hydrogens is 412 g/mol. The fraction of sp³-hybridized carbons (Fsp3) is 0.0690. The summed E-state index contributed by atoms with van der Waals surface area (Å²) in [7, 11) is 0. The minimum atomic E-state index is -0.385. The molecule has 0 N–H and O–H groups in total. The van der Waals surface area contributed by atoms with E-state index < -0.39 is 0 Å².